The number of ether oxygens (including phenoxy) is 1. The Hall–Kier alpha value is -1.81. The molecule has 0 spiro atoms. The van der Waals surface area contributed by atoms with Crippen LogP contribution in [0, 0.1) is 6.92 Å². The SMILES string of the molecule is COc1ccc2c(c1)C(N)C(n1ccc(C)n1)C2. The zero-order valence-corrected chi connectivity index (χ0v) is 10.6. The van der Waals surface area contributed by atoms with Crippen molar-refractivity contribution >= 4 is 0 Å². The molecule has 0 radical (unpaired) electrons. The fraction of sp³-hybridized carbons (Fsp3) is 0.357. The first kappa shape index (κ1) is 11.3. The minimum atomic E-state index is -0.0191. The Kier molecular flexibility index (Phi) is 2.59. The van der Waals surface area contributed by atoms with E-state index < -0.39 is 0 Å². The van der Waals surface area contributed by atoms with Gasteiger partial charge in [0.15, 0.2) is 0 Å². The second-order valence-corrected chi connectivity index (χ2v) is 4.80. The van der Waals surface area contributed by atoms with E-state index in [1.54, 1.807) is 7.11 Å². The van der Waals surface area contributed by atoms with Crippen LogP contribution in [0.2, 0.25) is 0 Å². The van der Waals surface area contributed by atoms with Crippen LogP contribution in [0.3, 0.4) is 0 Å². The Morgan fingerprint density at radius 3 is 2.89 bits per heavy atom. The first-order valence-corrected chi connectivity index (χ1v) is 6.13. The van der Waals surface area contributed by atoms with Crippen molar-refractivity contribution in [2.45, 2.75) is 25.4 Å². The van der Waals surface area contributed by atoms with Crippen LogP contribution in [0.5, 0.6) is 5.75 Å². The molecule has 1 heterocycles. The summed E-state index contributed by atoms with van der Waals surface area (Å²) in [6.45, 7) is 1.99. The van der Waals surface area contributed by atoms with E-state index in [4.69, 9.17) is 10.5 Å². The Labute approximate surface area is 106 Å². The van der Waals surface area contributed by atoms with E-state index in [1.165, 1.54) is 11.1 Å². The maximum atomic E-state index is 6.34. The number of nitrogens with two attached hydrogens (primary N) is 1. The van der Waals surface area contributed by atoms with Crippen LogP contribution in [0.1, 0.15) is 28.9 Å². The van der Waals surface area contributed by atoms with Gasteiger partial charge >= 0.3 is 0 Å². The van der Waals surface area contributed by atoms with E-state index >= 15 is 0 Å². The Morgan fingerprint density at radius 1 is 1.39 bits per heavy atom. The standard InChI is InChI=1S/C14H17N3O/c1-9-5-6-17(16-9)13-7-10-3-4-11(18-2)8-12(10)14(13)15/h3-6,8,13-14H,7,15H2,1-2H3. The lowest BCUT2D eigenvalue weighted by Crippen LogP contribution is -2.21. The van der Waals surface area contributed by atoms with Crippen LogP contribution in [-0.4, -0.2) is 16.9 Å². The summed E-state index contributed by atoms with van der Waals surface area (Å²) in [5.74, 6) is 0.862. The topological polar surface area (TPSA) is 53.1 Å². The molecule has 2 aromatic rings. The van der Waals surface area contributed by atoms with Gasteiger partial charge in [0.2, 0.25) is 0 Å². The third-order valence-corrected chi connectivity index (χ3v) is 3.64. The van der Waals surface area contributed by atoms with Gasteiger partial charge in [0, 0.05) is 6.20 Å². The maximum Gasteiger partial charge on any atom is 0.119 e. The third kappa shape index (κ3) is 1.69. The lowest BCUT2D eigenvalue weighted by atomic mass is 10.1. The second kappa shape index (κ2) is 4.14. The first-order chi connectivity index (χ1) is 8.69. The van der Waals surface area contributed by atoms with Gasteiger partial charge in [-0.25, -0.2) is 0 Å². The molecule has 4 heteroatoms. The zero-order chi connectivity index (χ0) is 12.7. The molecule has 4 nitrogen and oxygen atoms in total. The molecule has 0 fully saturated rings. The molecule has 0 bridgehead atoms. The molecule has 1 aromatic heterocycles. The summed E-state index contributed by atoms with van der Waals surface area (Å²) in [4.78, 5) is 0. The number of hydrogen-bond donors (Lipinski definition) is 1. The predicted molar refractivity (Wildman–Crippen MR) is 69.6 cm³/mol. The second-order valence-electron chi connectivity index (χ2n) is 4.80. The van der Waals surface area contributed by atoms with Gasteiger partial charge in [0.05, 0.1) is 24.9 Å². The number of aryl methyl sites for hydroxylation is 1. The lowest BCUT2D eigenvalue weighted by Gasteiger charge is -2.16. The Balaban J connectivity index is 1.96. The van der Waals surface area contributed by atoms with Gasteiger partial charge < -0.3 is 10.5 Å². The highest BCUT2D eigenvalue weighted by Gasteiger charge is 2.31. The molecular formula is C14H17N3O. The summed E-state index contributed by atoms with van der Waals surface area (Å²) < 4.78 is 7.23. The van der Waals surface area contributed by atoms with Gasteiger partial charge in [0.1, 0.15) is 5.75 Å². The summed E-state index contributed by atoms with van der Waals surface area (Å²) in [6.07, 6.45) is 2.94. The Bertz CT molecular complexity index is 576. The Morgan fingerprint density at radius 2 is 2.22 bits per heavy atom. The summed E-state index contributed by atoms with van der Waals surface area (Å²) in [5.41, 5.74) is 9.83. The molecule has 2 atom stereocenters. The summed E-state index contributed by atoms with van der Waals surface area (Å²) in [7, 11) is 1.68. The molecule has 94 valence electrons. The van der Waals surface area contributed by atoms with E-state index in [9.17, 15) is 0 Å². The molecule has 2 N–H and O–H groups in total. The van der Waals surface area contributed by atoms with Gasteiger partial charge in [-0.2, -0.15) is 5.10 Å². The molecule has 18 heavy (non-hydrogen) atoms. The van der Waals surface area contributed by atoms with Crippen LogP contribution in [0.25, 0.3) is 0 Å². The zero-order valence-electron chi connectivity index (χ0n) is 10.6. The fourth-order valence-electron chi connectivity index (χ4n) is 2.63. The van der Waals surface area contributed by atoms with Crippen molar-refractivity contribution in [1.29, 1.82) is 0 Å². The number of nitrogens with zero attached hydrogens (tertiary/aromatic N) is 2. The largest absolute Gasteiger partial charge is 0.497 e. The number of fused-ring (bicyclic) bond motifs is 1. The summed E-state index contributed by atoms with van der Waals surface area (Å²) in [5, 5.41) is 4.47. The summed E-state index contributed by atoms with van der Waals surface area (Å²) in [6, 6.07) is 8.33. The fourth-order valence-corrected chi connectivity index (χ4v) is 2.63. The highest BCUT2D eigenvalue weighted by molar-refractivity contribution is 5.42. The summed E-state index contributed by atoms with van der Waals surface area (Å²) >= 11 is 0. The van der Waals surface area contributed by atoms with Crippen LogP contribution in [0.4, 0.5) is 0 Å². The van der Waals surface area contributed by atoms with E-state index in [0.29, 0.717) is 0 Å². The van der Waals surface area contributed by atoms with Crippen molar-refractivity contribution in [2.24, 2.45) is 5.73 Å². The normalized spacial score (nSPS) is 21.9. The van der Waals surface area contributed by atoms with Gasteiger partial charge in [-0.3, -0.25) is 4.68 Å². The van der Waals surface area contributed by atoms with E-state index in [1.807, 2.05) is 36.0 Å². The molecule has 2 unspecified atom stereocenters. The molecule has 1 aromatic carbocycles. The molecule has 0 aliphatic heterocycles. The van der Waals surface area contributed by atoms with Crippen molar-refractivity contribution < 1.29 is 4.74 Å². The third-order valence-electron chi connectivity index (χ3n) is 3.64. The quantitative estimate of drug-likeness (QED) is 0.877. The number of benzene rings is 1. The maximum absolute atomic E-state index is 6.34. The monoisotopic (exact) mass is 243 g/mol. The average Bonchev–Trinajstić information content (AvgIpc) is 2.94. The predicted octanol–water partition coefficient (Wildman–Crippen LogP) is 2.00. The van der Waals surface area contributed by atoms with E-state index in [2.05, 4.69) is 11.2 Å². The molecular weight excluding hydrogens is 226 g/mol. The van der Waals surface area contributed by atoms with Gasteiger partial charge in [-0.1, -0.05) is 6.07 Å². The van der Waals surface area contributed by atoms with E-state index in [0.717, 1.165) is 17.9 Å². The lowest BCUT2D eigenvalue weighted by molar-refractivity contribution is 0.404. The minimum absolute atomic E-state index is 0.0191. The van der Waals surface area contributed by atoms with Crippen LogP contribution in [0.15, 0.2) is 30.5 Å². The van der Waals surface area contributed by atoms with Crippen molar-refractivity contribution in [3.05, 3.63) is 47.3 Å². The minimum Gasteiger partial charge on any atom is -0.497 e. The molecule has 0 saturated heterocycles. The number of methoxy groups -OCH3 is 1. The van der Waals surface area contributed by atoms with Crippen molar-refractivity contribution in [1.82, 2.24) is 9.78 Å². The smallest absolute Gasteiger partial charge is 0.119 e. The van der Waals surface area contributed by atoms with Gasteiger partial charge in [0.25, 0.3) is 0 Å². The number of aromatic nitrogens is 2. The first-order valence-electron chi connectivity index (χ1n) is 6.13. The average molecular weight is 243 g/mol. The van der Waals surface area contributed by atoms with Crippen LogP contribution >= 0.6 is 0 Å². The van der Waals surface area contributed by atoms with Crippen molar-refractivity contribution in [3.63, 3.8) is 0 Å². The van der Waals surface area contributed by atoms with E-state index in [-0.39, 0.29) is 12.1 Å². The van der Waals surface area contributed by atoms with Crippen LogP contribution < -0.4 is 10.5 Å². The van der Waals surface area contributed by atoms with Crippen molar-refractivity contribution in [3.8, 4) is 5.75 Å². The molecule has 1 aliphatic carbocycles. The highest BCUT2D eigenvalue weighted by atomic mass is 16.5. The van der Waals surface area contributed by atoms with Crippen molar-refractivity contribution in [2.75, 3.05) is 7.11 Å². The van der Waals surface area contributed by atoms with Gasteiger partial charge in [-0.15, -0.1) is 0 Å². The highest BCUT2D eigenvalue weighted by Crippen LogP contribution is 2.38. The molecule has 0 saturated carbocycles. The van der Waals surface area contributed by atoms with Crippen LogP contribution in [-0.2, 0) is 6.42 Å². The molecule has 3 rings (SSSR count). The van der Waals surface area contributed by atoms with Gasteiger partial charge in [-0.05, 0) is 42.7 Å². The number of rotatable bonds is 2. The number of hydrogen-bond acceptors (Lipinski definition) is 3. The molecule has 0 amide bonds. The molecule has 1 aliphatic rings.